The van der Waals surface area contributed by atoms with Crippen LogP contribution in [0.2, 0.25) is 0 Å². The molecule has 0 heterocycles. The third-order valence-corrected chi connectivity index (χ3v) is 2.31. The molecule has 12 heavy (non-hydrogen) atoms. The molecule has 3 nitrogen and oxygen atoms in total. The van der Waals surface area contributed by atoms with Crippen LogP contribution in [0, 0.1) is 5.92 Å². The minimum Gasteiger partial charge on any atom is -0.466 e. The molecular formula is C9H17NO2. The van der Waals surface area contributed by atoms with E-state index in [2.05, 4.69) is 6.92 Å². The fraction of sp³-hybridized carbons (Fsp3) is 0.889. The van der Waals surface area contributed by atoms with Crippen LogP contribution >= 0.6 is 0 Å². The van der Waals surface area contributed by atoms with Crippen LogP contribution in [0.25, 0.3) is 0 Å². The predicted molar refractivity (Wildman–Crippen MR) is 46.6 cm³/mol. The maximum Gasteiger partial charge on any atom is 0.307 e. The number of rotatable bonds is 3. The van der Waals surface area contributed by atoms with E-state index in [0.29, 0.717) is 18.9 Å². The average molecular weight is 171 g/mol. The molecule has 0 spiro atoms. The zero-order valence-electron chi connectivity index (χ0n) is 7.80. The van der Waals surface area contributed by atoms with Crippen molar-refractivity contribution in [2.75, 3.05) is 6.61 Å². The van der Waals surface area contributed by atoms with Gasteiger partial charge in [-0.1, -0.05) is 6.92 Å². The first-order valence-corrected chi connectivity index (χ1v) is 4.50. The lowest BCUT2D eigenvalue weighted by atomic mass is 9.68. The van der Waals surface area contributed by atoms with Gasteiger partial charge in [-0.3, -0.25) is 4.79 Å². The summed E-state index contributed by atoms with van der Waals surface area (Å²) < 4.78 is 4.83. The van der Waals surface area contributed by atoms with Crippen LogP contribution in [0.5, 0.6) is 0 Å². The summed E-state index contributed by atoms with van der Waals surface area (Å²) in [6.45, 7) is 4.41. The average Bonchev–Trinajstić information content (AvgIpc) is 1.83. The Kier molecular flexibility index (Phi) is 2.73. The van der Waals surface area contributed by atoms with Crippen molar-refractivity contribution >= 4 is 5.97 Å². The van der Waals surface area contributed by atoms with Gasteiger partial charge in [-0.25, -0.2) is 0 Å². The highest BCUT2D eigenvalue weighted by Crippen LogP contribution is 2.37. The monoisotopic (exact) mass is 171 g/mol. The van der Waals surface area contributed by atoms with Crippen LogP contribution < -0.4 is 5.73 Å². The minimum absolute atomic E-state index is 0.160. The van der Waals surface area contributed by atoms with Gasteiger partial charge in [-0.2, -0.15) is 0 Å². The molecule has 1 saturated carbocycles. The highest BCUT2D eigenvalue weighted by Gasteiger charge is 2.40. The first-order chi connectivity index (χ1) is 5.56. The second kappa shape index (κ2) is 3.44. The Bertz CT molecular complexity index is 173. The fourth-order valence-corrected chi connectivity index (χ4v) is 1.97. The Morgan fingerprint density at radius 3 is 2.67 bits per heavy atom. The van der Waals surface area contributed by atoms with E-state index in [1.807, 2.05) is 6.92 Å². The highest BCUT2D eigenvalue weighted by atomic mass is 16.5. The van der Waals surface area contributed by atoms with Gasteiger partial charge >= 0.3 is 5.97 Å². The summed E-state index contributed by atoms with van der Waals surface area (Å²) >= 11 is 0. The van der Waals surface area contributed by atoms with Gasteiger partial charge in [0.1, 0.15) is 0 Å². The van der Waals surface area contributed by atoms with E-state index in [0.717, 1.165) is 12.8 Å². The van der Waals surface area contributed by atoms with Crippen molar-refractivity contribution in [3.05, 3.63) is 0 Å². The normalized spacial score (nSPS) is 34.1. The van der Waals surface area contributed by atoms with Crippen molar-refractivity contribution in [1.29, 1.82) is 0 Å². The molecule has 1 fully saturated rings. The molecule has 0 amide bonds. The molecule has 0 atom stereocenters. The summed E-state index contributed by atoms with van der Waals surface area (Å²) in [7, 11) is 0. The highest BCUT2D eigenvalue weighted by molar-refractivity contribution is 5.71. The molecule has 2 N–H and O–H groups in total. The number of hydrogen-bond acceptors (Lipinski definition) is 3. The fourth-order valence-electron chi connectivity index (χ4n) is 1.97. The minimum atomic E-state index is -0.258. The first-order valence-electron chi connectivity index (χ1n) is 4.50. The van der Waals surface area contributed by atoms with E-state index in [-0.39, 0.29) is 11.5 Å². The molecule has 70 valence electrons. The maximum atomic E-state index is 11.1. The second-order valence-electron chi connectivity index (χ2n) is 3.86. The quantitative estimate of drug-likeness (QED) is 0.646. The lowest BCUT2D eigenvalue weighted by Gasteiger charge is -2.42. The Labute approximate surface area is 73.3 Å². The molecule has 0 saturated heterocycles. The molecule has 1 aliphatic carbocycles. The lowest BCUT2D eigenvalue weighted by molar-refractivity contribution is -0.145. The molecule has 0 bridgehead atoms. The van der Waals surface area contributed by atoms with Crippen LogP contribution in [-0.2, 0) is 9.53 Å². The van der Waals surface area contributed by atoms with E-state index in [4.69, 9.17) is 10.5 Å². The topological polar surface area (TPSA) is 52.3 Å². The van der Waals surface area contributed by atoms with E-state index in [9.17, 15) is 4.79 Å². The van der Waals surface area contributed by atoms with Crippen LogP contribution in [0.3, 0.4) is 0 Å². The first kappa shape index (κ1) is 9.52. The third-order valence-electron chi connectivity index (χ3n) is 2.31. The third kappa shape index (κ3) is 2.21. The summed E-state index contributed by atoms with van der Waals surface area (Å²) in [5.74, 6) is 0.510. The van der Waals surface area contributed by atoms with Crippen LogP contribution in [0.15, 0.2) is 0 Å². The van der Waals surface area contributed by atoms with E-state index in [1.165, 1.54) is 0 Å². The maximum absolute atomic E-state index is 11.1. The van der Waals surface area contributed by atoms with Crippen molar-refractivity contribution in [3.8, 4) is 0 Å². The smallest absolute Gasteiger partial charge is 0.307 e. The van der Waals surface area contributed by atoms with Crippen LogP contribution in [0.4, 0.5) is 0 Å². The van der Waals surface area contributed by atoms with Gasteiger partial charge in [0.05, 0.1) is 13.0 Å². The van der Waals surface area contributed by atoms with Gasteiger partial charge < -0.3 is 10.5 Å². The molecule has 0 aromatic heterocycles. The van der Waals surface area contributed by atoms with Gasteiger partial charge in [-0.15, -0.1) is 0 Å². The molecule has 1 aliphatic rings. The van der Waals surface area contributed by atoms with Crippen molar-refractivity contribution in [2.24, 2.45) is 11.7 Å². The predicted octanol–water partition coefficient (Wildman–Crippen LogP) is 1.07. The molecule has 0 aromatic rings. The molecule has 0 radical (unpaired) electrons. The molecule has 0 aliphatic heterocycles. The van der Waals surface area contributed by atoms with E-state index in [1.54, 1.807) is 0 Å². The Hall–Kier alpha value is -0.570. The Balaban J connectivity index is 2.27. The van der Waals surface area contributed by atoms with Gasteiger partial charge in [0.15, 0.2) is 0 Å². The largest absolute Gasteiger partial charge is 0.466 e. The molecule has 0 unspecified atom stereocenters. The van der Waals surface area contributed by atoms with Gasteiger partial charge in [0.25, 0.3) is 0 Å². The van der Waals surface area contributed by atoms with Crippen LogP contribution in [-0.4, -0.2) is 18.1 Å². The van der Waals surface area contributed by atoms with E-state index >= 15 is 0 Å². The summed E-state index contributed by atoms with van der Waals surface area (Å²) in [5, 5.41) is 0. The molecule has 3 heteroatoms. The van der Waals surface area contributed by atoms with Gasteiger partial charge in [0, 0.05) is 5.54 Å². The number of hydrogen-bond donors (Lipinski definition) is 1. The Morgan fingerprint density at radius 1 is 1.67 bits per heavy atom. The molecule has 0 aromatic carbocycles. The lowest BCUT2D eigenvalue weighted by Crippen LogP contribution is -2.52. The summed E-state index contributed by atoms with van der Waals surface area (Å²) in [5.41, 5.74) is 5.67. The standard InChI is InChI=1S/C9H17NO2/c1-3-12-8(11)6-9(10)4-7(2)5-9/h7H,3-6,10H2,1-2H3. The second-order valence-corrected chi connectivity index (χ2v) is 3.86. The number of ether oxygens (including phenoxy) is 1. The van der Waals surface area contributed by atoms with Crippen molar-refractivity contribution in [1.82, 2.24) is 0 Å². The number of esters is 1. The number of carbonyl (C=O) groups is 1. The zero-order valence-corrected chi connectivity index (χ0v) is 7.80. The van der Waals surface area contributed by atoms with Crippen LogP contribution in [0.1, 0.15) is 33.1 Å². The summed E-state index contributed by atoms with van der Waals surface area (Å²) in [4.78, 5) is 11.1. The molecule has 1 rings (SSSR count). The SMILES string of the molecule is CCOC(=O)CC1(N)CC(C)C1. The van der Waals surface area contributed by atoms with Crippen molar-refractivity contribution < 1.29 is 9.53 Å². The Morgan fingerprint density at radius 2 is 2.25 bits per heavy atom. The zero-order chi connectivity index (χ0) is 9.19. The van der Waals surface area contributed by atoms with E-state index < -0.39 is 0 Å². The number of nitrogens with two attached hydrogens (primary N) is 1. The molecular weight excluding hydrogens is 154 g/mol. The van der Waals surface area contributed by atoms with Crippen molar-refractivity contribution in [3.63, 3.8) is 0 Å². The summed E-state index contributed by atoms with van der Waals surface area (Å²) in [6.07, 6.45) is 2.28. The van der Waals surface area contributed by atoms with Crippen molar-refractivity contribution in [2.45, 2.75) is 38.6 Å². The summed E-state index contributed by atoms with van der Waals surface area (Å²) in [6, 6.07) is 0. The van der Waals surface area contributed by atoms with Gasteiger partial charge in [0.2, 0.25) is 0 Å². The van der Waals surface area contributed by atoms with Gasteiger partial charge in [-0.05, 0) is 25.7 Å². The number of carbonyl (C=O) groups excluding carboxylic acids is 1.